The van der Waals surface area contributed by atoms with E-state index in [0.717, 1.165) is 19.2 Å². The lowest BCUT2D eigenvalue weighted by Gasteiger charge is -2.06. The molecule has 0 spiro atoms. The Morgan fingerprint density at radius 2 is 2.00 bits per heavy atom. The summed E-state index contributed by atoms with van der Waals surface area (Å²) < 4.78 is 62.5. The predicted molar refractivity (Wildman–Crippen MR) is 48.9 cm³/mol. The summed E-state index contributed by atoms with van der Waals surface area (Å²) in [5, 5.41) is 0. The molecule has 0 amide bonds. The van der Waals surface area contributed by atoms with E-state index >= 15 is 0 Å². The molecular weight excluding hydrogens is 247 g/mol. The largest absolute Gasteiger partial charge is 0.417 e. The molecule has 8 heteroatoms. The van der Waals surface area contributed by atoms with Crippen LogP contribution in [0.3, 0.4) is 0 Å². The maximum Gasteiger partial charge on any atom is 0.417 e. The Bertz CT molecular complexity index is 452. The number of rotatable bonds is 3. The van der Waals surface area contributed by atoms with Crippen LogP contribution in [0, 0.1) is 0 Å². The van der Waals surface area contributed by atoms with Crippen molar-refractivity contribution in [3.63, 3.8) is 0 Å². The predicted octanol–water partition coefficient (Wildman–Crippen LogP) is 1.58. The zero-order valence-corrected chi connectivity index (χ0v) is 8.97. The first-order valence-electron chi connectivity index (χ1n) is 4.05. The Morgan fingerprint density at radius 3 is 2.38 bits per heavy atom. The van der Waals surface area contributed by atoms with Crippen LogP contribution >= 0.6 is 0 Å². The van der Waals surface area contributed by atoms with Gasteiger partial charge in [-0.3, -0.25) is 9.17 Å². The van der Waals surface area contributed by atoms with Gasteiger partial charge in [-0.2, -0.15) is 21.6 Å². The normalized spacial score (nSPS) is 12.8. The molecule has 0 radical (unpaired) electrons. The zero-order valence-electron chi connectivity index (χ0n) is 8.15. The van der Waals surface area contributed by atoms with Crippen molar-refractivity contribution in [2.75, 3.05) is 7.11 Å². The van der Waals surface area contributed by atoms with Crippen LogP contribution < -0.4 is 0 Å². The molecule has 0 aliphatic rings. The van der Waals surface area contributed by atoms with Crippen molar-refractivity contribution in [2.24, 2.45) is 0 Å². The molecule has 0 saturated heterocycles. The summed E-state index contributed by atoms with van der Waals surface area (Å²) in [5.74, 6) is -0.554. The maximum atomic E-state index is 12.1. The van der Waals surface area contributed by atoms with Gasteiger partial charge in [0.25, 0.3) is 10.1 Å². The number of pyridine rings is 1. The summed E-state index contributed by atoms with van der Waals surface area (Å²) in [6.45, 7) is 0. The van der Waals surface area contributed by atoms with Gasteiger partial charge in [0.05, 0.1) is 18.4 Å². The van der Waals surface area contributed by atoms with E-state index in [1.54, 1.807) is 0 Å². The second-order valence-electron chi connectivity index (χ2n) is 2.90. The van der Waals surface area contributed by atoms with Gasteiger partial charge in [-0.05, 0) is 12.1 Å². The topological polar surface area (TPSA) is 56.3 Å². The lowest BCUT2D eigenvalue weighted by Crippen LogP contribution is -2.09. The molecule has 0 aliphatic heterocycles. The van der Waals surface area contributed by atoms with Crippen LogP contribution in [0.5, 0.6) is 0 Å². The first-order chi connectivity index (χ1) is 7.24. The van der Waals surface area contributed by atoms with Crippen molar-refractivity contribution in [1.29, 1.82) is 0 Å². The van der Waals surface area contributed by atoms with Crippen molar-refractivity contribution in [1.82, 2.24) is 4.98 Å². The molecule has 90 valence electrons. The minimum Gasteiger partial charge on any atom is -0.273 e. The van der Waals surface area contributed by atoms with Gasteiger partial charge >= 0.3 is 6.18 Å². The van der Waals surface area contributed by atoms with E-state index in [1.165, 1.54) is 0 Å². The molecular formula is C8H8F3NO3S. The third kappa shape index (κ3) is 3.46. The second-order valence-corrected chi connectivity index (χ2v) is 4.64. The minimum atomic E-state index is -4.48. The molecule has 0 aromatic carbocycles. The fraction of sp³-hybridized carbons (Fsp3) is 0.375. The number of hydrogen-bond acceptors (Lipinski definition) is 4. The second kappa shape index (κ2) is 4.38. The number of nitrogens with zero attached hydrogens (tertiary/aromatic N) is 1. The number of alkyl halides is 3. The van der Waals surface area contributed by atoms with Crippen LogP contribution in [-0.2, 0) is 26.2 Å². The summed E-state index contributed by atoms with van der Waals surface area (Å²) >= 11 is 0. The zero-order chi connectivity index (χ0) is 12.4. The Labute approximate surface area is 90.2 Å². The molecule has 1 heterocycles. The van der Waals surface area contributed by atoms with Gasteiger partial charge in [0.1, 0.15) is 5.75 Å². The van der Waals surface area contributed by atoms with Crippen molar-refractivity contribution >= 4 is 10.1 Å². The first kappa shape index (κ1) is 12.9. The Balaban J connectivity index is 2.89. The van der Waals surface area contributed by atoms with Crippen LogP contribution in [0.15, 0.2) is 18.3 Å². The van der Waals surface area contributed by atoms with E-state index in [4.69, 9.17) is 0 Å². The molecule has 1 aromatic heterocycles. The van der Waals surface area contributed by atoms with Crippen LogP contribution in [0.2, 0.25) is 0 Å². The molecule has 0 bridgehead atoms. The fourth-order valence-electron chi connectivity index (χ4n) is 0.918. The lowest BCUT2D eigenvalue weighted by atomic mass is 10.2. The smallest absolute Gasteiger partial charge is 0.273 e. The van der Waals surface area contributed by atoms with Crippen molar-refractivity contribution < 1.29 is 25.8 Å². The minimum absolute atomic E-state index is 0.00477. The third-order valence-corrected chi connectivity index (χ3v) is 2.89. The molecule has 0 unspecified atom stereocenters. The summed E-state index contributed by atoms with van der Waals surface area (Å²) in [7, 11) is -2.79. The molecule has 0 N–H and O–H groups in total. The Morgan fingerprint density at radius 1 is 1.38 bits per heavy atom. The van der Waals surface area contributed by atoms with Crippen molar-refractivity contribution in [3.8, 4) is 0 Å². The first-order valence-corrected chi connectivity index (χ1v) is 5.63. The van der Waals surface area contributed by atoms with Gasteiger partial charge in [-0.25, -0.2) is 0 Å². The van der Waals surface area contributed by atoms with Crippen molar-refractivity contribution in [2.45, 2.75) is 11.9 Å². The average Bonchev–Trinajstić information content (AvgIpc) is 2.16. The molecule has 1 aromatic rings. The monoisotopic (exact) mass is 255 g/mol. The number of halogens is 3. The summed E-state index contributed by atoms with van der Waals surface area (Å²) in [6, 6.07) is 1.77. The third-order valence-electron chi connectivity index (χ3n) is 1.73. The molecule has 4 nitrogen and oxygen atoms in total. The molecule has 1 rings (SSSR count). The highest BCUT2D eigenvalue weighted by Crippen LogP contribution is 2.28. The fourth-order valence-corrected chi connectivity index (χ4v) is 1.57. The molecule has 0 fully saturated rings. The van der Waals surface area contributed by atoms with Gasteiger partial charge in [0.15, 0.2) is 0 Å². The quantitative estimate of drug-likeness (QED) is 0.769. The van der Waals surface area contributed by atoms with E-state index in [1.807, 2.05) is 0 Å². The molecule has 0 atom stereocenters. The molecule has 0 saturated carbocycles. The maximum absolute atomic E-state index is 12.1. The number of aromatic nitrogens is 1. The number of hydrogen-bond donors (Lipinski definition) is 0. The van der Waals surface area contributed by atoms with Crippen molar-refractivity contribution in [3.05, 3.63) is 29.6 Å². The summed E-state index contributed by atoms with van der Waals surface area (Å²) in [5.41, 5.74) is -0.930. The summed E-state index contributed by atoms with van der Waals surface area (Å²) in [4.78, 5) is 3.40. The van der Waals surface area contributed by atoms with E-state index < -0.39 is 27.6 Å². The van der Waals surface area contributed by atoms with Gasteiger partial charge in [-0.15, -0.1) is 0 Å². The molecule has 16 heavy (non-hydrogen) atoms. The average molecular weight is 255 g/mol. The van der Waals surface area contributed by atoms with Crippen LogP contribution in [0.4, 0.5) is 13.2 Å². The molecule has 0 aliphatic carbocycles. The Hall–Kier alpha value is -1.15. The van der Waals surface area contributed by atoms with Crippen LogP contribution in [0.25, 0.3) is 0 Å². The van der Waals surface area contributed by atoms with Gasteiger partial charge < -0.3 is 0 Å². The highest BCUT2D eigenvalue weighted by atomic mass is 32.2. The SMILES string of the molecule is COS(=O)(=O)Cc1ccc(C(F)(F)F)cn1. The van der Waals surface area contributed by atoms with Gasteiger partial charge in [-0.1, -0.05) is 0 Å². The Kier molecular flexibility index (Phi) is 3.54. The van der Waals surface area contributed by atoms with E-state index in [9.17, 15) is 21.6 Å². The van der Waals surface area contributed by atoms with E-state index in [-0.39, 0.29) is 5.69 Å². The van der Waals surface area contributed by atoms with E-state index in [2.05, 4.69) is 9.17 Å². The van der Waals surface area contributed by atoms with Crippen LogP contribution in [0.1, 0.15) is 11.3 Å². The standard InChI is InChI=1S/C8H8F3NO3S/c1-15-16(13,14)5-7-3-2-6(4-12-7)8(9,10)11/h2-4H,5H2,1H3. The van der Waals surface area contributed by atoms with E-state index in [0.29, 0.717) is 6.20 Å². The van der Waals surface area contributed by atoms with Gasteiger partial charge in [0.2, 0.25) is 0 Å². The summed E-state index contributed by atoms with van der Waals surface area (Å²) in [6.07, 6.45) is -3.90. The van der Waals surface area contributed by atoms with Crippen LogP contribution in [-0.4, -0.2) is 20.5 Å². The highest BCUT2D eigenvalue weighted by molar-refractivity contribution is 7.85. The highest BCUT2D eigenvalue weighted by Gasteiger charge is 2.30. The van der Waals surface area contributed by atoms with Gasteiger partial charge in [0, 0.05) is 6.20 Å². The lowest BCUT2D eigenvalue weighted by molar-refractivity contribution is -0.137.